The van der Waals surface area contributed by atoms with Gasteiger partial charge in [-0.05, 0) is 18.5 Å². The highest BCUT2D eigenvalue weighted by Gasteiger charge is 2.07. The number of anilines is 1. The van der Waals surface area contributed by atoms with Gasteiger partial charge in [0.25, 0.3) is 0 Å². The number of nitrogens with zero attached hydrogens (tertiary/aromatic N) is 2. The molecule has 0 aromatic carbocycles. The number of hydrogen-bond acceptors (Lipinski definition) is 4. The van der Waals surface area contributed by atoms with Crippen LogP contribution in [0.25, 0.3) is 0 Å². The van der Waals surface area contributed by atoms with Crippen LogP contribution in [0, 0.1) is 6.92 Å². The Balaban J connectivity index is 2.52. The quantitative estimate of drug-likeness (QED) is 0.736. The molecular formula is C7H11N3O2. The van der Waals surface area contributed by atoms with Crippen LogP contribution in [0.2, 0.25) is 0 Å². The van der Waals surface area contributed by atoms with Crippen molar-refractivity contribution in [3.05, 3.63) is 5.69 Å². The molecule has 5 heteroatoms. The van der Waals surface area contributed by atoms with Crippen LogP contribution in [-0.2, 0) is 4.79 Å². The van der Waals surface area contributed by atoms with Crippen molar-refractivity contribution in [1.82, 2.24) is 10.3 Å². The summed E-state index contributed by atoms with van der Waals surface area (Å²) in [4.78, 5) is 11.0. The first kappa shape index (κ1) is 8.70. The molecule has 0 saturated carbocycles. The van der Waals surface area contributed by atoms with Gasteiger partial charge in [0.2, 0.25) is 5.91 Å². The molecule has 5 nitrogen and oxygen atoms in total. The van der Waals surface area contributed by atoms with Gasteiger partial charge in [-0.25, -0.2) is 4.63 Å². The smallest absolute Gasteiger partial charge is 0.225 e. The monoisotopic (exact) mass is 169 g/mol. The van der Waals surface area contributed by atoms with Crippen molar-refractivity contribution in [2.75, 3.05) is 5.32 Å². The summed E-state index contributed by atoms with van der Waals surface area (Å²) >= 11 is 0. The largest absolute Gasteiger partial charge is 0.306 e. The van der Waals surface area contributed by atoms with Crippen molar-refractivity contribution in [2.24, 2.45) is 0 Å². The third-order valence-corrected chi connectivity index (χ3v) is 1.39. The van der Waals surface area contributed by atoms with Crippen LogP contribution in [0.1, 0.15) is 25.5 Å². The van der Waals surface area contributed by atoms with Crippen molar-refractivity contribution in [2.45, 2.75) is 26.7 Å². The second kappa shape index (κ2) is 3.85. The van der Waals surface area contributed by atoms with Gasteiger partial charge in [-0.15, -0.1) is 0 Å². The minimum Gasteiger partial charge on any atom is -0.306 e. The fourth-order valence-electron chi connectivity index (χ4n) is 0.767. The van der Waals surface area contributed by atoms with Gasteiger partial charge in [0.15, 0.2) is 5.82 Å². The molecule has 0 saturated heterocycles. The van der Waals surface area contributed by atoms with Crippen LogP contribution in [0.5, 0.6) is 0 Å². The standard InChI is InChI=1S/C7H11N3O2/c1-3-4-6(11)8-7-5(2)9-12-10-7/h3-4H2,1-2H3,(H,8,10,11). The Morgan fingerprint density at radius 3 is 2.83 bits per heavy atom. The zero-order valence-electron chi connectivity index (χ0n) is 7.13. The van der Waals surface area contributed by atoms with E-state index < -0.39 is 0 Å². The van der Waals surface area contributed by atoms with E-state index in [2.05, 4.69) is 20.3 Å². The molecule has 0 aliphatic carbocycles. The number of amides is 1. The number of carbonyl (C=O) groups is 1. The van der Waals surface area contributed by atoms with Crippen molar-refractivity contribution in [3.63, 3.8) is 0 Å². The van der Waals surface area contributed by atoms with Gasteiger partial charge < -0.3 is 5.32 Å². The van der Waals surface area contributed by atoms with Gasteiger partial charge in [-0.2, -0.15) is 0 Å². The first-order valence-corrected chi connectivity index (χ1v) is 3.83. The van der Waals surface area contributed by atoms with E-state index in [0.29, 0.717) is 17.9 Å². The molecule has 0 spiro atoms. The summed E-state index contributed by atoms with van der Waals surface area (Å²) in [6.07, 6.45) is 1.31. The number of hydrogen-bond donors (Lipinski definition) is 1. The van der Waals surface area contributed by atoms with Gasteiger partial charge in [-0.3, -0.25) is 4.79 Å². The van der Waals surface area contributed by atoms with Gasteiger partial charge in [0.05, 0.1) is 0 Å². The van der Waals surface area contributed by atoms with E-state index in [4.69, 9.17) is 0 Å². The second-order valence-corrected chi connectivity index (χ2v) is 2.50. The molecule has 1 N–H and O–H groups in total. The zero-order chi connectivity index (χ0) is 8.97. The average molecular weight is 169 g/mol. The molecule has 0 unspecified atom stereocenters. The van der Waals surface area contributed by atoms with E-state index in [9.17, 15) is 4.79 Å². The fourth-order valence-corrected chi connectivity index (χ4v) is 0.767. The highest BCUT2D eigenvalue weighted by Crippen LogP contribution is 2.07. The predicted molar refractivity (Wildman–Crippen MR) is 42.6 cm³/mol. The lowest BCUT2D eigenvalue weighted by Crippen LogP contribution is -2.11. The summed E-state index contributed by atoms with van der Waals surface area (Å²) in [6.45, 7) is 3.66. The molecule has 0 bridgehead atoms. The molecule has 1 aromatic heterocycles. The summed E-state index contributed by atoms with van der Waals surface area (Å²) in [5.41, 5.74) is 0.597. The predicted octanol–water partition coefficient (Wildman–Crippen LogP) is 1.12. The van der Waals surface area contributed by atoms with E-state index in [-0.39, 0.29) is 5.91 Å². The lowest BCUT2D eigenvalue weighted by molar-refractivity contribution is -0.116. The third kappa shape index (κ3) is 2.05. The Hall–Kier alpha value is -1.39. The molecule has 1 amide bonds. The van der Waals surface area contributed by atoms with Gasteiger partial charge in [0, 0.05) is 6.42 Å². The molecule has 66 valence electrons. The van der Waals surface area contributed by atoms with Crippen molar-refractivity contribution in [3.8, 4) is 0 Å². The molecule has 12 heavy (non-hydrogen) atoms. The maximum absolute atomic E-state index is 11.0. The summed E-state index contributed by atoms with van der Waals surface area (Å²) in [7, 11) is 0. The molecule has 0 aliphatic rings. The van der Waals surface area contributed by atoms with Crippen LogP contribution >= 0.6 is 0 Å². The highest BCUT2D eigenvalue weighted by atomic mass is 16.6. The van der Waals surface area contributed by atoms with Crippen molar-refractivity contribution < 1.29 is 9.42 Å². The Bertz CT molecular complexity index is 269. The van der Waals surface area contributed by atoms with Crippen LogP contribution < -0.4 is 5.32 Å². The Kier molecular flexibility index (Phi) is 2.79. The maximum atomic E-state index is 11.0. The highest BCUT2D eigenvalue weighted by molar-refractivity contribution is 5.89. The van der Waals surface area contributed by atoms with Crippen LogP contribution in [-0.4, -0.2) is 16.2 Å². The van der Waals surface area contributed by atoms with Gasteiger partial charge in [0.1, 0.15) is 5.69 Å². The second-order valence-electron chi connectivity index (χ2n) is 2.50. The van der Waals surface area contributed by atoms with Gasteiger partial charge in [-0.1, -0.05) is 12.1 Å². The van der Waals surface area contributed by atoms with Crippen LogP contribution in [0.3, 0.4) is 0 Å². The van der Waals surface area contributed by atoms with E-state index in [1.165, 1.54) is 0 Å². The Morgan fingerprint density at radius 2 is 2.33 bits per heavy atom. The van der Waals surface area contributed by atoms with E-state index in [1.54, 1.807) is 6.92 Å². The number of aryl methyl sites for hydroxylation is 1. The van der Waals surface area contributed by atoms with Gasteiger partial charge >= 0.3 is 0 Å². The van der Waals surface area contributed by atoms with E-state index in [1.807, 2.05) is 6.92 Å². The molecule has 0 radical (unpaired) electrons. The lowest BCUT2D eigenvalue weighted by atomic mass is 10.3. The Labute approximate surface area is 70.1 Å². The molecule has 0 fully saturated rings. The number of nitrogens with one attached hydrogen (secondary N) is 1. The summed E-state index contributed by atoms with van der Waals surface area (Å²) in [5.74, 6) is 0.352. The molecule has 1 rings (SSSR count). The number of aromatic nitrogens is 2. The molecule has 1 aromatic rings. The fraction of sp³-hybridized carbons (Fsp3) is 0.571. The Morgan fingerprint density at radius 1 is 1.58 bits per heavy atom. The molecular weight excluding hydrogens is 158 g/mol. The van der Waals surface area contributed by atoms with E-state index in [0.717, 1.165) is 6.42 Å². The third-order valence-electron chi connectivity index (χ3n) is 1.39. The zero-order valence-corrected chi connectivity index (χ0v) is 7.13. The first-order chi connectivity index (χ1) is 5.74. The summed E-state index contributed by atoms with van der Waals surface area (Å²) in [5, 5.41) is 9.63. The van der Waals surface area contributed by atoms with Crippen molar-refractivity contribution in [1.29, 1.82) is 0 Å². The molecule has 0 atom stereocenters. The SMILES string of the molecule is CCCC(=O)Nc1nonc1C. The average Bonchev–Trinajstić information content (AvgIpc) is 2.37. The van der Waals surface area contributed by atoms with E-state index >= 15 is 0 Å². The van der Waals surface area contributed by atoms with Crippen LogP contribution in [0.4, 0.5) is 5.82 Å². The first-order valence-electron chi connectivity index (χ1n) is 3.83. The minimum absolute atomic E-state index is 0.0590. The van der Waals surface area contributed by atoms with Crippen molar-refractivity contribution >= 4 is 11.7 Å². The lowest BCUT2D eigenvalue weighted by Gasteiger charge is -1.97. The summed E-state index contributed by atoms with van der Waals surface area (Å²) in [6, 6.07) is 0. The van der Waals surface area contributed by atoms with Crippen LogP contribution in [0.15, 0.2) is 4.63 Å². The number of rotatable bonds is 3. The molecule has 1 heterocycles. The minimum atomic E-state index is -0.0590. The topological polar surface area (TPSA) is 68.0 Å². The maximum Gasteiger partial charge on any atom is 0.225 e. The molecule has 0 aliphatic heterocycles. The number of carbonyl (C=O) groups excluding carboxylic acids is 1. The normalized spacial score (nSPS) is 9.83. The summed E-state index contributed by atoms with van der Waals surface area (Å²) < 4.78 is 4.41.